The second-order valence-electron chi connectivity index (χ2n) is 1.26. The number of pyridine rings is 1. The van der Waals surface area contributed by atoms with Crippen LogP contribution in [0.1, 0.15) is 0 Å². The predicted octanol–water partition coefficient (Wildman–Crippen LogP) is 1.58. The van der Waals surface area contributed by atoms with Crippen molar-refractivity contribution in [3.8, 4) is 0 Å². The molecule has 0 aromatic carbocycles. The zero-order valence-electron chi connectivity index (χ0n) is 5.86. The van der Waals surface area contributed by atoms with Crippen LogP contribution in [0.2, 0.25) is 0 Å². The predicted molar refractivity (Wildman–Crippen MR) is 36.6 cm³/mol. The van der Waals surface area contributed by atoms with Crippen LogP contribution in [0, 0.1) is 19.9 Å². The molecule has 1 N–H and O–H groups in total. The Hall–Kier alpha value is -0.296. The van der Waals surface area contributed by atoms with Crippen molar-refractivity contribution in [2.45, 2.75) is 0 Å². The minimum absolute atomic E-state index is 0. The second kappa shape index (κ2) is 9.70. The molecule has 4 heteroatoms. The van der Waals surface area contributed by atoms with Gasteiger partial charge in [-0.3, -0.25) is 4.85 Å². The van der Waals surface area contributed by atoms with Gasteiger partial charge in [0.15, 0.2) is 0 Å². The minimum atomic E-state index is 0. The molecule has 0 bridgehead atoms. The molecule has 1 aromatic rings. The van der Waals surface area contributed by atoms with Gasteiger partial charge < -0.3 is 10.1 Å². The topological polar surface area (TPSA) is 37.5 Å². The number of hydrogen-bond acceptors (Lipinski definition) is 2. The molecular weight excluding hydrogens is 217 g/mol. The molecule has 3 nitrogen and oxygen atoms in total. The molecule has 1 aromatic heterocycles. The Bertz CT molecular complexity index is 207. The third-order valence-electron chi connectivity index (χ3n) is 0.729. The second-order valence-corrected chi connectivity index (χ2v) is 1.26. The van der Waals surface area contributed by atoms with Crippen molar-refractivity contribution in [1.82, 2.24) is 4.98 Å². The third kappa shape index (κ3) is 6.12. The van der Waals surface area contributed by atoms with E-state index in [1.54, 1.807) is 12.1 Å². The van der Waals surface area contributed by atoms with Crippen LogP contribution in [0.25, 0.3) is 4.85 Å². The van der Waals surface area contributed by atoms with Crippen LogP contribution in [-0.2, 0) is 32.7 Å². The molecular formula is C7H6N2OY-2. The molecule has 1 radical (unpaired) electrons. The van der Waals surface area contributed by atoms with E-state index in [-0.39, 0.29) is 32.7 Å². The first-order chi connectivity index (χ1) is 4.93. The molecule has 0 saturated heterocycles. The smallest absolute Gasteiger partial charge is 0.0997 e. The Balaban J connectivity index is 0. The number of aromatic nitrogens is 1. The monoisotopic (exact) mass is 223 g/mol. The van der Waals surface area contributed by atoms with Gasteiger partial charge in [0.2, 0.25) is 0 Å². The van der Waals surface area contributed by atoms with Crippen LogP contribution in [0.4, 0.5) is 5.69 Å². The summed E-state index contributed by atoms with van der Waals surface area (Å²) in [5.74, 6) is 0. The Morgan fingerprint density at radius 2 is 2.27 bits per heavy atom. The number of rotatable bonds is 0. The normalized spacial score (nSPS) is 6.27. The van der Waals surface area contributed by atoms with E-state index < -0.39 is 0 Å². The van der Waals surface area contributed by atoms with Gasteiger partial charge in [0.25, 0.3) is 0 Å². The maximum atomic E-state index is 6.75. The molecule has 0 unspecified atom stereocenters. The van der Waals surface area contributed by atoms with Crippen LogP contribution in [-0.4, -0.2) is 10.1 Å². The fraction of sp³-hybridized carbons (Fsp3) is 0. The minimum Gasteiger partial charge on any atom is -0.569 e. The summed E-state index contributed by atoms with van der Waals surface area (Å²) in [5, 5.41) is 6.75. The molecule has 0 aliphatic rings. The average molecular weight is 223 g/mol. The first-order valence-electron chi connectivity index (χ1n) is 2.44. The van der Waals surface area contributed by atoms with Gasteiger partial charge >= 0.3 is 0 Å². The van der Waals surface area contributed by atoms with E-state index in [0.29, 0.717) is 5.69 Å². The van der Waals surface area contributed by atoms with E-state index >= 15 is 0 Å². The molecule has 1 rings (SSSR count). The van der Waals surface area contributed by atoms with Gasteiger partial charge in [-0.1, -0.05) is 12.4 Å². The largest absolute Gasteiger partial charge is 0.569 e. The van der Waals surface area contributed by atoms with Crippen molar-refractivity contribution in [3.05, 3.63) is 43.1 Å². The summed E-state index contributed by atoms with van der Waals surface area (Å²) < 4.78 is 0. The number of nitrogens with zero attached hydrogens (tertiary/aromatic N) is 2. The molecule has 0 aliphatic carbocycles. The fourth-order valence-electron chi connectivity index (χ4n) is 0.378. The number of hydrogen-bond donors (Lipinski definition) is 1. The summed E-state index contributed by atoms with van der Waals surface area (Å²) in [5.41, 5.74) is 0.559. The van der Waals surface area contributed by atoms with Crippen molar-refractivity contribution in [2.24, 2.45) is 0 Å². The van der Waals surface area contributed by atoms with Crippen molar-refractivity contribution >= 4 is 5.69 Å². The van der Waals surface area contributed by atoms with Gasteiger partial charge in [-0.2, -0.15) is 12.1 Å². The molecule has 11 heavy (non-hydrogen) atoms. The molecule has 0 aliphatic heterocycles. The van der Waals surface area contributed by atoms with E-state index in [0.717, 1.165) is 0 Å². The van der Waals surface area contributed by atoms with Gasteiger partial charge in [-0.25, -0.2) is 7.11 Å². The quantitative estimate of drug-likeness (QED) is 0.678. The molecule has 55 valence electrons. The van der Waals surface area contributed by atoms with E-state index in [2.05, 4.69) is 23.1 Å². The molecule has 0 atom stereocenters. The van der Waals surface area contributed by atoms with Crippen LogP contribution in [0.3, 0.4) is 0 Å². The van der Waals surface area contributed by atoms with Crippen molar-refractivity contribution < 1.29 is 37.8 Å². The Morgan fingerprint density at radius 3 is 2.55 bits per heavy atom. The van der Waals surface area contributed by atoms with Gasteiger partial charge in [0, 0.05) is 32.7 Å². The molecule has 0 fully saturated rings. The van der Waals surface area contributed by atoms with Gasteiger partial charge in [0.05, 0.1) is 12.3 Å². The first-order valence-corrected chi connectivity index (χ1v) is 2.44. The van der Waals surface area contributed by atoms with Gasteiger partial charge in [-0.05, 0) is 0 Å². The average Bonchev–Trinajstić information content (AvgIpc) is 2.10. The molecule has 1 heterocycles. The van der Waals surface area contributed by atoms with E-state index in [1.807, 2.05) is 0 Å². The molecule has 0 amide bonds. The Labute approximate surface area is 91.2 Å². The summed E-state index contributed by atoms with van der Waals surface area (Å²) in [7, 11) is 2.25. The summed E-state index contributed by atoms with van der Waals surface area (Å²) in [6, 6.07) is 3.29. The zero-order chi connectivity index (χ0) is 7.82. The van der Waals surface area contributed by atoms with Gasteiger partial charge in [-0.15, -0.1) is 0 Å². The zero-order valence-corrected chi connectivity index (χ0v) is 8.70. The molecule has 0 spiro atoms. The van der Waals surface area contributed by atoms with Crippen molar-refractivity contribution in [1.29, 1.82) is 0 Å². The van der Waals surface area contributed by atoms with Crippen LogP contribution >= 0.6 is 0 Å². The Kier molecular flexibility index (Phi) is 11.7. The third-order valence-corrected chi connectivity index (χ3v) is 0.729. The van der Waals surface area contributed by atoms with Crippen LogP contribution in [0.15, 0.2) is 18.3 Å². The van der Waals surface area contributed by atoms with Crippen molar-refractivity contribution in [3.63, 3.8) is 0 Å². The molecule has 0 saturated carbocycles. The SMILES string of the molecule is [C-]#[N+]c1cc[c-]nc1.[CH2-]O.[Y]. The van der Waals surface area contributed by atoms with Crippen molar-refractivity contribution in [2.75, 3.05) is 0 Å². The van der Waals surface area contributed by atoms with E-state index in [4.69, 9.17) is 11.7 Å². The number of aliphatic hydroxyl groups excluding tert-OH is 1. The number of aliphatic hydroxyl groups is 1. The summed E-state index contributed by atoms with van der Waals surface area (Å²) >= 11 is 0. The maximum absolute atomic E-state index is 6.75. The van der Waals surface area contributed by atoms with Gasteiger partial charge in [0.1, 0.15) is 0 Å². The first kappa shape index (κ1) is 13.3. The maximum Gasteiger partial charge on any atom is 0.0997 e. The van der Waals surface area contributed by atoms with E-state index in [1.165, 1.54) is 6.20 Å². The fourth-order valence-corrected chi connectivity index (χ4v) is 0.378. The van der Waals surface area contributed by atoms with Crippen LogP contribution in [0.5, 0.6) is 0 Å². The summed E-state index contributed by atoms with van der Waals surface area (Å²) in [6.45, 7) is 6.51. The summed E-state index contributed by atoms with van der Waals surface area (Å²) in [4.78, 5) is 6.75. The van der Waals surface area contributed by atoms with E-state index in [9.17, 15) is 0 Å². The standard InChI is InChI=1S/C6H3N2.CH3O.Y/c1-7-6-3-2-4-8-5-6;1-2;/h2-3,5H;2H,1H2;/q2*-1;. The van der Waals surface area contributed by atoms with Crippen LogP contribution < -0.4 is 0 Å². The Morgan fingerprint density at radius 1 is 1.64 bits per heavy atom. The summed E-state index contributed by atoms with van der Waals surface area (Å²) in [6.07, 6.45) is 4.05.